The third-order valence-electron chi connectivity index (χ3n) is 3.59. The van der Waals surface area contributed by atoms with E-state index in [1.54, 1.807) is 0 Å². The predicted molar refractivity (Wildman–Crippen MR) is 61.5 cm³/mol. The molecule has 16 heavy (non-hydrogen) atoms. The van der Waals surface area contributed by atoms with E-state index in [-0.39, 0.29) is 18.2 Å². The molecule has 3 unspecified atom stereocenters. The summed E-state index contributed by atoms with van der Waals surface area (Å²) in [6.45, 7) is 0.683. The summed E-state index contributed by atoms with van der Waals surface area (Å²) < 4.78 is 5.61. The van der Waals surface area contributed by atoms with Crippen LogP contribution in [-0.4, -0.2) is 23.9 Å². The van der Waals surface area contributed by atoms with Crippen LogP contribution in [0.4, 0.5) is 0 Å². The fourth-order valence-corrected chi connectivity index (χ4v) is 2.69. The van der Waals surface area contributed by atoms with Gasteiger partial charge in [0.2, 0.25) is 0 Å². The van der Waals surface area contributed by atoms with Crippen molar-refractivity contribution in [1.82, 2.24) is 5.32 Å². The molecule has 3 rings (SSSR count). The van der Waals surface area contributed by atoms with E-state index in [9.17, 15) is 5.11 Å². The Labute approximate surface area is 95.4 Å². The number of aliphatic hydroxyl groups is 1. The Kier molecular flexibility index (Phi) is 2.58. The molecule has 0 saturated heterocycles. The number of para-hydroxylation sites is 1. The van der Waals surface area contributed by atoms with Gasteiger partial charge in [0.05, 0.1) is 12.1 Å². The normalized spacial score (nSPS) is 32.4. The minimum atomic E-state index is -0.187. The van der Waals surface area contributed by atoms with Crippen molar-refractivity contribution < 1.29 is 9.84 Å². The molecular weight excluding hydrogens is 202 g/mol. The molecule has 1 heterocycles. The van der Waals surface area contributed by atoms with Crippen molar-refractivity contribution in [2.24, 2.45) is 0 Å². The average Bonchev–Trinajstić information content (AvgIpc) is 2.88. The first kappa shape index (κ1) is 10.1. The highest BCUT2D eigenvalue weighted by Crippen LogP contribution is 2.33. The molecule has 0 aromatic heterocycles. The lowest BCUT2D eigenvalue weighted by Crippen LogP contribution is -2.38. The van der Waals surface area contributed by atoms with Gasteiger partial charge in [-0.25, -0.2) is 0 Å². The van der Waals surface area contributed by atoms with E-state index in [0.717, 1.165) is 25.0 Å². The van der Waals surface area contributed by atoms with E-state index in [2.05, 4.69) is 11.4 Å². The Balaban J connectivity index is 1.73. The van der Waals surface area contributed by atoms with Crippen molar-refractivity contribution in [2.75, 3.05) is 6.61 Å². The van der Waals surface area contributed by atoms with Crippen LogP contribution in [-0.2, 0) is 0 Å². The van der Waals surface area contributed by atoms with E-state index in [1.165, 1.54) is 5.56 Å². The van der Waals surface area contributed by atoms with Crippen molar-refractivity contribution in [2.45, 2.75) is 37.5 Å². The van der Waals surface area contributed by atoms with Crippen LogP contribution in [0.1, 0.15) is 30.9 Å². The third kappa shape index (κ3) is 1.70. The highest BCUT2D eigenvalue weighted by molar-refractivity contribution is 5.39. The number of aliphatic hydroxyl groups excluding tert-OH is 1. The van der Waals surface area contributed by atoms with Crippen LogP contribution in [0.3, 0.4) is 0 Å². The molecule has 2 aliphatic rings. The topological polar surface area (TPSA) is 41.5 Å². The maximum atomic E-state index is 9.79. The van der Waals surface area contributed by atoms with Crippen molar-refractivity contribution in [3.05, 3.63) is 29.8 Å². The van der Waals surface area contributed by atoms with Crippen LogP contribution in [0.25, 0.3) is 0 Å². The van der Waals surface area contributed by atoms with Gasteiger partial charge in [-0.2, -0.15) is 0 Å². The monoisotopic (exact) mass is 219 g/mol. The standard InChI is InChI=1S/C13H17NO2/c15-12-6-3-5-10(12)14-11-8-16-13-7-2-1-4-9(11)13/h1-2,4,7,10-12,14-15H,3,5-6,8H2. The number of hydrogen-bond acceptors (Lipinski definition) is 3. The molecule has 3 atom stereocenters. The summed E-state index contributed by atoms with van der Waals surface area (Å²) in [6.07, 6.45) is 2.92. The van der Waals surface area contributed by atoms with Gasteiger partial charge < -0.3 is 15.2 Å². The van der Waals surface area contributed by atoms with E-state index in [0.29, 0.717) is 6.61 Å². The molecule has 1 aliphatic carbocycles. The first-order valence-electron chi connectivity index (χ1n) is 6.00. The lowest BCUT2D eigenvalue weighted by Gasteiger charge is -2.20. The molecule has 0 radical (unpaired) electrons. The minimum absolute atomic E-state index is 0.187. The second-order valence-electron chi connectivity index (χ2n) is 4.67. The van der Waals surface area contributed by atoms with Gasteiger partial charge in [0, 0.05) is 11.6 Å². The Hall–Kier alpha value is -1.06. The van der Waals surface area contributed by atoms with Crippen molar-refractivity contribution >= 4 is 0 Å². The molecule has 1 fully saturated rings. The molecule has 1 aromatic carbocycles. The van der Waals surface area contributed by atoms with Gasteiger partial charge in [-0.05, 0) is 25.3 Å². The van der Waals surface area contributed by atoms with E-state index in [4.69, 9.17) is 4.74 Å². The molecule has 1 aromatic rings. The highest BCUT2D eigenvalue weighted by Gasteiger charge is 2.31. The predicted octanol–water partition coefficient (Wildman–Crippen LogP) is 1.62. The molecule has 3 heteroatoms. The minimum Gasteiger partial charge on any atom is -0.491 e. The Morgan fingerprint density at radius 1 is 1.25 bits per heavy atom. The Bertz CT molecular complexity index is 380. The zero-order valence-electron chi connectivity index (χ0n) is 9.23. The fraction of sp³-hybridized carbons (Fsp3) is 0.538. The smallest absolute Gasteiger partial charge is 0.124 e. The highest BCUT2D eigenvalue weighted by atomic mass is 16.5. The third-order valence-corrected chi connectivity index (χ3v) is 3.59. The first-order valence-corrected chi connectivity index (χ1v) is 6.00. The van der Waals surface area contributed by atoms with Gasteiger partial charge in [-0.3, -0.25) is 0 Å². The summed E-state index contributed by atoms with van der Waals surface area (Å²) in [7, 11) is 0. The molecule has 1 aliphatic heterocycles. The van der Waals surface area contributed by atoms with Gasteiger partial charge >= 0.3 is 0 Å². The largest absolute Gasteiger partial charge is 0.491 e. The maximum Gasteiger partial charge on any atom is 0.124 e. The van der Waals surface area contributed by atoms with Crippen LogP contribution < -0.4 is 10.1 Å². The Morgan fingerprint density at radius 3 is 2.94 bits per heavy atom. The summed E-state index contributed by atoms with van der Waals surface area (Å²) in [5, 5.41) is 13.3. The van der Waals surface area contributed by atoms with Gasteiger partial charge in [-0.15, -0.1) is 0 Å². The van der Waals surface area contributed by atoms with Crippen LogP contribution >= 0.6 is 0 Å². The summed E-state index contributed by atoms with van der Waals surface area (Å²) in [6, 6.07) is 8.61. The summed E-state index contributed by atoms with van der Waals surface area (Å²) in [5.74, 6) is 0.979. The molecular formula is C13H17NO2. The molecule has 86 valence electrons. The van der Waals surface area contributed by atoms with Crippen LogP contribution in [0.5, 0.6) is 5.75 Å². The molecule has 3 nitrogen and oxygen atoms in total. The number of benzene rings is 1. The number of fused-ring (bicyclic) bond motifs is 1. The lowest BCUT2D eigenvalue weighted by molar-refractivity contribution is 0.139. The SMILES string of the molecule is OC1CCCC1NC1COc2ccccc21. The molecule has 0 spiro atoms. The quantitative estimate of drug-likeness (QED) is 0.794. The molecule has 0 bridgehead atoms. The zero-order valence-corrected chi connectivity index (χ0v) is 9.23. The van der Waals surface area contributed by atoms with Gasteiger partial charge in [0.15, 0.2) is 0 Å². The molecule has 2 N–H and O–H groups in total. The van der Waals surface area contributed by atoms with Gasteiger partial charge in [0.25, 0.3) is 0 Å². The Morgan fingerprint density at radius 2 is 2.12 bits per heavy atom. The average molecular weight is 219 g/mol. The van der Waals surface area contributed by atoms with E-state index < -0.39 is 0 Å². The van der Waals surface area contributed by atoms with Gasteiger partial charge in [-0.1, -0.05) is 18.2 Å². The summed E-state index contributed by atoms with van der Waals surface area (Å²) in [5.41, 5.74) is 1.22. The second kappa shape index (κ2) is 4.07. The maximum absolute atomic E-state index is 9.79. The van der Waals surface area contributed by atoms with Crippen molar-refractivity contribution in [1.29, 1.82) is 0 Å². The number of rotatable bonds is 2. The number of ether oxygens (including phenoxy) is 1. The number of hydrogen-bond donors (Lipinski definition) is 2. The van der Waals surface area contributed by atoms with Crippen LogP contribution in [0, 0.1) is 0 Å². The zero-order chi connectivity index (χ0) is 11.0. The summed E-state index contributed by atoms with van der Waals surface area (Å²) in [4.78, 5) is 0. The lowest BCUT2D eigenvalue weighted by atomic mass is 10.1. The number of nitrogens with one attached hydrogen (secondary N) is 1. The van der Waals surface area contributed by atoms with E-state index in [1.807, 2.05) is 18.2 Å². The first-order chi connectivity index (χ1) is 7.84. The van der Waals surface area contributed by atoms with Crippen molar-refractivity contribution in [3.8, 4) is 5.75 Å². The molecule has 0 amide bonds. The van der Waals surface area contributed by atoms with Crippen LogP contribution in [0.2, 0.25) is 0 Å². The van der Waals surface area contributed by atoms with Gasteiger partial charge in [0.1, 0.15) is 12.4 Å². The fourth-order valence-electron chi connectivity index (χ4n) is 2.69. The van der Waals surface area contributed by atoms with Crippen LogP contribution in [0.15, 0.2) is 24.3 Å². The summed E-state index contributed by atoms with van der Waals surface area (Å²) >= 11 is 0. The second-order valence-corrected chi connectivity index (χ2v) is 4.67. The molecule has 1 saturated carbocycles. The van der Waals surface area contributed by atoms with Crippen molar-refractivity contribution in [3.63, 3.8) is 0 Å². The van der Waals surface area contributed by atoms with E-state index >= 15 is 0 Å².